The van der Waals surface area contributed by atoms with Crippen LogP contribution in [0.2, 0.25) is 0 Å². The van der Waals surface area contributed by atoms with Gasteiger partial charge in [-0.15, -0.1) is 0 Å². The lowest BCUT2D eigenvalue weighted by Crippen LogP contribution is -2.44. The van der Waals surface area contributed by atoms with E-state index in [2.05, 4.69) is 10.3 Å². The molecule has 2 heterocycles. The number of aromatic nitrogens is 1. The Morgan fingerprint density at radius 2 is 2.19 bits per heavy atom. The number of aryl methyl sites for hydroxylation is 1. The van der Waals surface area contributed by atoms with Gasteiger partial charge in [-0.25, -0.2) is 14.2 Å². The molecule has 0 saturated carbocycles. The van der Waals surface area contributed by atoms with E-state index in [0.717, 1.165) is 11.4 Å². The van der Waals surface area contributed by atoms with E-state index in [4.69, 9.17) is 4.74 Å². The highest BCUT2D eigenvalue weighted by Crippen LogP contribution is 2.23. The number of nitrogens with one attached hydrogen (secondary N) is 1. The van der Waals surface area contributed by atoms with Crippen LogP contribution in [0.15, 0.2) is 18.3 Å². The molecule has 6 heteroatoms. The van der Waals surface area contributed by atoms with Gasteiger partial charge in [-0.1, -0.05) is 6.07 Å². The predicted octanol–water partition coefficient (Wildman–Crippen LogP) is 2.44. The summed E-state index contributed by atoms with van der Waals surface area (Å²) in [4.78, 5) is 17.9. The van der Waals surface area contributed by atoms with E-state index in [-0.39, 0.29) is 6.54 Å². The lowest BCUT2D eigenvalue weighted by atomic mass is 10.2. The molecule has 2 atom stereocenters. The van der Waals surface area contributed by atoms with Crippen molar-refractivity contribution >= 4 is 11.9 Å². The highest BCUT2D eigenvalue weighted by atomic mass is 19.1. The minimum Gasteiger partial charge on any atom is -0.444 e. The van der Waals surface area contributed by atoms with Crippen molar-refractivity contribution in [2.24, 2.45) is 0 Å². The van der Waals surface area contributed by atoms with Gasteiger partial charge in [0.15, 0.2) is 0 Å². The molecule has 5 nitrogen and oxygen atoms in total. The first-order chi connectivity index (χ1) is 9.76. The Bertz CT molecular complexity index is 516. The Morgan fingerprint density at radius 1 is 1.48 bits per heavy atom. The molecule has 0 bridgehead atoms. The lowest BCUT2D eigenvalue weighted by Gasteiger charge is -2.22. The van der Waals surface area contributed by atoms with Crippen LogP contribution < -0.4 is 10.2 Å². The number of carbonyl (C=O) groups is 1. The average molecular weight is 295 g/mol. The number of pyridine rings is 1. The summed E-state index contributed by atoms with van der Waals surface area (Å²) in [6, 6.07) is 3.20. The second-order valence-electron chi connectivity index (χ2n) is 6.32. The second kappa shape index (κ2) is 5.87. The topological polar surface area (TPSA) is 54.5 Å². The van der Waals surface area contributed by atoms with Gasteiger partial charge in [-0.2, -0.15) is 0 Å². The maximum atomic E-state index is 14.1. The lowest BCUT2D eigenvalue weighted by molar-refractivity contribution is 0.0490. The zero-order valence-electron chi connectivity index (χ0n) is 12.9. The second-order valence-corrected chi connectivity index (χ2v) is 6.32. The van der Waals surface area contributed by atoms with E-state index in [1.54, 1.807) is 27.0 Å². The molecule has 1 aromatic rings. The van der Waals surface area contributed by atoms with Crippen LogP contribution >= 0.6 is 0 Å². The predicted molar refractivity (Wildman–Crippen MR) is 79.2 cm³/mol. The largest absolute Gasteiger partial charge is 0.444 e. The van der Waals surface area contributed by atoms with Gasteiger partial charge >= 0.3 is 6.09 Å². The summed E-state index contributed by atoms with van der Waals surface area (Å²) in [5, 5.41) is 2.60. The molecule has 0 aliphatic carbocycles. The summed E-state index contributed by atoms with van der Waals surface area (Å²) in [5.74, 6) is 0.758. The third-order valence-electron chi connectivity index (χ3n) is 3.23. The monoisotopic (exact) mass is 295 g/mol. The molecule has 1 N–H and O–H groups in total. The Labute approximate surface area is 124 Å². The summed E-state index contributed by atoms with van der Waals surface area (Å²) in [7, 11) is 0. The summed E-state index contributed by atoms with van der Waals surface area (Å²) < 4.78 is 19.3. The van der Waals surface area contributed by atoms with Gasteiger partial charge in [0.25, 0.3) is 0 Å². The number of amides is 1. The van der Waals surface area contributed by atoms with Gasteiger partial charge < -0.3 is 15.0 Å². The molecule has 0 unspecified atom stereocenters. The average Bonchev–Trinajstić information content (AvgIpc) is 2.68. The third-order valence-corrected chi connectivity index (χ3v) is 3.23. The van der Waals surface area contributed by atoms with Crippen LogP contribution in [0.3, 0.4) is 0 Å². The molecule has 116 valence electrons. The van der Waals surface area contributed by atoms with E-state index in [0.29, 0.717) is 6.54 Å². The molecule has 0 spiro atoms. The number of alkyl carbamates (subject to hydrolysis) is 1. The molecule has 0 radical (unpaired) electrons. The number of halogens is 1. The molecule has 1 amide bonds. The number of hydrogen-bond acceptors (Lipinski definition) is 4. The highest BCUT2D eigenvalue weighted by molar-refractivity contribution is 5.68. The van der Waals surface area contributed by atoms with Gasteiger partial charge in [-0.3, -0.25) is 0 Å². The van der Waals surface area contributed by atoms with E-state index in [9.17, 15) is 9.18 Å². The fourth-order valence-corrected chi connectivity index (χ4v) is 2.34. The quantitative estimate of drug-likeness (QED) is 0.910. The van der Waals surface area contributed by atoms with Gasteiger partial charge in [0.2, 0.25) is 0 Å². The van der Waals surface area contributed by atoms with Crippen LogP contribution in [0.1, 0.15) is 26.3 Å². The van der Waals surface area contributed by atoms with Gasteiger partial charge in [-0.05, 0) is 39.3 Å². The molecule has 1 aliphatic heterocycles. The van der Waals surface area contributed by atoms with Crippen molar-refractivity contribution in [3.8, 4) is 0 Å². The number of rotatable bonds is 2. The van der Waals surface area contributed by atoms with Crippen molar-refractivity contribution in [3.63, 3.8) is 0 Å². The zero-order valence-corrected chi connectivity index (χ0v) is 12.9. The summed E-state index contributed by atoms with van der Waals surface area (Å²) in [5.41, 5.74) is 0.397. The molecular formula is C15H22FN3O2. The molecule has 1 aliphatic rings. The van der Waals surface area contributed by atoms with E-state index in [1.807, 2.05) is 24.0 Å². The molecule has 1 saturated heterocycles. The van der Waals surface area contributed by atoms with Gasteiger partial charge in [0, 0.05) is 12.7 Å². The van der Waals surface area contributed by atoms with Crippen LogP contribution in [-0.4, -0.2) is 42.0 Å². The molecule has 1 aromatic heterocycles. The number of anilines is 1. The fraction of sp³-hybridized carbons (Fsp3) is 0.600. The van der Waals surface area contributed by atoms with Crippen LogP contribution in [0.25, 0.3) is 0 Å². The van der Waals surface area contributed by atoms with Crippen molar-refractivity contribution < 1.29 is 13.9 Å². The highest BCUT2D eigenvalue weighted by Gasteiger charge is 2.36. The van der Waals surface area contributed by atoms with E-state index < -0.39 is 23.9 Å². The Hall–Kier alpha value is -1.85. The first-order valence-electron chi connectivity index (χ1n) is 7.06. The third kappa shape index (κ3) is 4.06. The number of hydrogen-bond donors (Lipinski definition) is 1. The van der Waals surface area contributed by atoms with Crippen molar-refractivity contribution in [2.75, 3.05) is 18.0 Å². The normalized spacial score (nSPS) is 22.2. The summed E-state index contributed by atoms with van der Waals surface area (Å²) in [6.07, 6.45) is -0.0434. The molecular weight excluding hydrogens is 273 g/mol. The first kappa shape index (κ1) is 15.5. The number of nitrogens with zero attached hydrogens (tertiary/aromatic N) is 2. The van der Waals surface area contributed by atoms with Crippen molar-refractivity contribution in [1.29, 1.82) is 0 Å². The van der Waals surface area contributed by atoms with Crippen LogP contribution in [0.5, 0.6) is 0 Å². The fourth-order valence-electron chi connectivity index (χ4n) is 2.34. The molecule has 21 heavy (non-hydrogen) atoms. The number of alkyl halides is 1. The molecule has 2 rings (SSSR count). The number of ether oxygens (including phenoxy) is 1. The van der Waals surface area contributed by atoms with Crippen molar-refractivity contribution in [1.82, 2.24) is 10.3 Å². The van der Waals surface area contributed by atoms with Crippen molar-refractivity contribution in [3.05, 3.63) is 23.9 Å². The first-order valence-corrected chi connectivity index (χ1v) is 7.06. The standard InChI is InChI=1S/C15H22FN3O2/c1-10-6-5-7-17-13(10)19-8-11(16)12(9-19)18-14(20)21-15(2,3)4/h5-7,11-12H,8-9H2,1-4H3,(H,18,20)/t11-,12-/m0/s1. The smallest absolute Gasteiger partial charge is 0.408 e. The maximum absolute atomic E-state index is 14.1. The zero-order chi connectivity index (χ0) is 15.6. The molecule has 1 fully saturated rings. The molecule has 0 aromatic carbocycles. The van der Waals surface area contributed by atoms with E-state index in [1.165, 1.54) is 0 Å². The summed E-state index contributed by atoms with van der Waals surface area (Å²) >= 11 is 0. The Morgan fingerprint density at radius 3 is 2.81 bits per heavy atom. The maximum Gasteiger partial charge on any atom is 0.408 e. The Kier molecular flexibility index (Phi) is 4.34. The van der Waals surface area contributed by atoms with Crippen molar-refractivity contribution in [2.45, 2.75) is 45.5 Å². The van der Waals surface area contributed by atoms with Gasteiger partial charge in [0.05, 0.1) is 12.6 Å². The van der Waals surface area contributed by atoms with Crippen LogP contribution in [0.4, 0.5) is 15.0 Å². The minimum absolute atomic E-state index is 0.221. The minimum atomic E-state index is -1.14. The van der Waals surface area contributed by atoms with Crippen LogP contribution in [-0.2, 0) is 4.74 Å². The van der Waals surface area contributed by atoms with Gasteiger partial charge in [0.1, 0.15) is 17.6 Å². The number of carbonyl (C=O) groups excluding carboxylic acids is 1. The Balaban J connectivity index is 1.99. The van der Waals surface area contributed by atoms with E-state index >= 15 is 0 Å². The SMILES string of the molecule is Cc1cccnc1N1C[C@H](NC(=O)OC(C)(C)C)[C@@H](F)C1. The van der Waals surface area contributed by atoms with Crippen LogP contribution in [0, 0.1) is 6.92 Å². The summed E-state index contributed by atoms with van der Waals surface area (Å²) in [6.45, 7) is 7.87.